The first kappa shape index (κ1) is 23.4. The Morgan fingerprint density at radius 1 is 1.03 bits per heavy atom. The van der Waals surface area contributed by atoms with Crippen molar-refractivity contribution >= 4 is 11.6 Å². The first-order valence-electron chi connectivity index (χ1n) is 11.8. The number of benzene rings is 2. The van der Waals surface area contributed by atoms with Crippen molar-refractivity contribution in [1.82, 2.24) is 9.80 Å². The van der Waals surface area contributed by atoms with Crippen LogP contribution in [0.15, 0.2) is 42.6 Å². The van der Waals surface area contributed by atoms with Crippen molar-refractivity contribution in [3.8, 4) is 0 Å². The van der Waals surface area contributed by atoms with Gasteiger partial charge in [-0.05, 0) is 79.6 Å². The van der Waals surface area contributed by atoms with Crippen molar-refractivity contribution in [3.63, 3.8) is 0 Å². The Hall–Kier alpha value is -2.73. The number of carbonyl (C=O) groups is 1. The third-order valence-electron chi connectivity index (χ3n) is 7.16. The fourth-order valence-electron chi connectivity index (χ4n) is 5.05. The molecule has 0 aromatic heterocycles. The molecule has 33 heavy (non-hydrogen) atoms. The van der Waals surface area contributed by atoms with E-state index in [0.717, 1.165) is 37.3 Å². The highest BCUT2D eigenvalue weighted by Crippen LogP contribution is 2.32. The minimum Gasteiger partial charge on any atom is -0.372 e. The number of nitrogens with zero attached hydrogens (tertiary/aromatic N) is 2. The molecule has 0 spiro atoms. The van der Waals surface area contributed by atoms with Gasteiger partial charge in [-0.1, -0.05) is 19.4 Å². The molecule has 0 radical (unpaired) electrons. The van der Waals surface area contributed by atoms with Crippen LogP contribution < -0.4 is 5.32 Å². The van der Waals surface area contributed by atoms with Crippen molar-refractivity contribution in [1.29, 1.82) is 0 Å². The number of hydrogen-bond donors (Lipinski definition) is 1. The highest BCUT2D eigenvalue weighted by atomic mass is 19.1. The van der Waals surface area contributed by atoms with Crippen molar-refractivity contribution in [2.75, 3.05) is 31.5 Å². The van der Waals surface area contributed by atoms with Crippen LogP contribution in [-0.2, 0) is 6.54 Å². The van der Waals surface area contributed by atoms with E-state index in [0.29, 0.717) is 29.3 Å². The second kappa shape index (κ2) is 10.0. The van der Waals surface area contributed by atoms with E-state index in [1.807, 2.05) is 6.92 Å². The van der Waals surface area contributed by atoms with Crippen LogP contribution in [0.2, 0.25) is 0 Å². The van der Waals surface area contributed by atoms with E-state index in [1.54, 1.807) is 13.0 Å². The molecule has 1 saturated heterocycles. The number of rotatable bonds is 6. The maximum Gasteiger partial charge on any atom is 0.255 e. The molecule has 2 aromatic rings. The maximum absolute atomic E-state index is 14.4. The Labute approximate surface area is 195 Å². The van der Waals surface area contributed by atoms with Gasteiger partial charge in [0.15, 0.2) is 0 Å². The van der Waals surface area contributed by atoms with Gasteiger partial charge >= 0.3 is 0 Å². The van der Waals surface area contributed by atoms with Gasteiger partial charge in [0, 0.05) is 49.7 Å². The lowest BCUT2D eigenvalue weighted by atomic mass is 10.0. The Balaban J connectivity index is 1.41. The van der Waals surface area contributed by atoms with Gasteiger partial charge in [0.05, 0.1) is 0 Å². The van der Waals surface area contributed by atoms with Gasteiger partial charge in [-0.15, -0.1) is 0 Å². The molecular weight excluding hydrogens is 420 g/mol. The lowest BCUT2D eigenvalue weighted by Crippen LogP contribution is -2.46. The average Bonchev–Trinajstić information content (AvgIpc) is 3.32. The van der Waals surface area contributed by atoms with Crippen molar-refractivity contribution in [3.05, 3.63) is 76.5 Å². The monoisotopic (exact) mass is 453 g/mol. The molecule has 4 nitrogen and oxygen atoms in total. The van der Waals surface area contributed by atoms with Crippen LogP contribution in [0, 0.1) is 31.4 Å². The molecule has 2 fully saturated rings. The molecule has 0 bridgehead atoms. The largest absolute Gasteiger partial charge is 0.372 e. The van der Waals surface area contributed by atoms with E-state index >= 15 is 0 Å². The molecule has 1 amide bonds. The number of anilines is 1. The van der Waals surface area contributed by atoms with E-state index in [1.165, 1.54) is 55.6 Å². The van der Waals surface area contributed by atoms with Crippen LogP contribution in [0.1, 0.15) is 52.7 Å². The van der Waals surface area contributed by atoms with Crippen LogP contribution >= 0.6 is 0 Å². The predicted octanol–water partition coefficient (Wildman–Crippen LogP) is 5.66. The summed E-state index contributed by atoms with van der Waals surface area (Å²) in [6.07, 6.45) is 5.13. The minimum absolute atomic E-state index is 0.369. The standard InChI is InChI=1S/C27H33F2N3O/c1-18-14-23(28)8-9-25(18)27(33)30-26-16-24(29)15-22(19(26)2)17-31-10-12-32(13-11-31)20(3)21-6-4-5-7-21/h8-9,14-16,21H,3-7,10-13,17H2,1-2H3,(H,30,33). The minimum atomic E-state index is -0.389. The van der Waals surface area contributed by atoms with Gasteiger partial charge in [0.2, 0.25) is 0 Å². The first-order valence-corrected chi connectivity index (χ1v) is 11.8. The molecule has 1 aliphatic carbocycles. The number of piperazine rings is 1. The molecule has 2 aromatic carbocycles. The second-order valence-electron chi connectivity index (χ2n) is 9.39. The normalized spacial score (nSPS) is 17.4. The maximum atomic E-state index is 14.4. The molecule has 176 valence electrons. The Bertz CT molecular complexity index is 1040. The fourth-order valence-corrected chi connectivity index (χ4v) is 5.05. The van der Waals surface area contributed by atoms with Crippen LogP contribution in [0.25, 0.3) is 0 Å². The third kappa shape index (κ3) is 5.44. The van der Waals surface area contributed by atoms with Gasteiger partial charge in [0.25, 0.3) is 5.91 Å². The summed E-state index contributed by atoms with van der Waals surface area (Å²) in [5.41, 5.74) is 4.37. The zero-order valence-corrected chi connectivity index (χ0v) is 19.6. The third-order valence-corrected chi connectivity index (χ3v) is 7.16. The SMILES string of the molecule is C=C(C1CCCC1)N1CCN(Cc2cc(F)cc(NC(=O)c3ccc(F)cc3C)c2C)CC1. The molecule has 4 rings (SSSR count). The summed E-state index contributed by atoms with van der Waals surface area (Å²) in [7, 11) is 0. The van der Waals surface area contributed by atoms with Gasteiger partial charge in [0.1, 0.15) is 11.6 Å². The van der Waals surface area contributed by atoms with E-state index in [9.17, 15) is 13.6 Å². The number of amides is 1. The number of carbonyl (C=O) groups excluding carboxylic acids is 1. The summed E-state index contributed by atoms with van der Waals surface area (Å²) in [6.45, 7) is 12.3. The summed E-state index contributed by atoms with van der Waals surface area (Å²) >= 11 is 0. The summed E-state index contributed by atoms with van der Waals surface area (Å²) in [5.74, 6) is -0.501. The molecular formula is C27H33F2N3O. The summed E-state index contributed by atoms with van der Waals surface area (Å²) in [6, 6.07) is 6.93. The van der Waals surface area contributed by atoms with E-state index in [-0.39, 0.29) is 17.5 Å². The Morgan fingerprint density at radius 2 is 1.73 bits per heavy atom. The lowest BCUT2D eigenvalue weighted by Gasteiger charge is -2.39. The van der Waals surface area contributed by atoms with Gasteiger partial charge in [-0.25, -0.2) is 8.78 Å². The van der Waals surface area contributed by atoms with Gasteiger partial charge < -0.3 is 10.2 Å². The topological polar surface area (TPSA) is 35.6 Å². The van der Waals surface area contributed by atoms with E-state index in [4.69, 9.17) is 0 Å². The van der Waals surface area contributed by atoms with Crippen LogP contribution in [0.4, 0.5) is 14.5 Å². The summed E-state index contributed by atoms with van der Waals surface area (Å²) < 4.78 is 27.8. The number of halogens is 2. The van der Waals surface area contributed by atoms with Crippen LogP contribution in [0.5, 0.6) is 0 Å². The smallest absolute Gasteiger partial charge is 0.255 e. The van der Waals surface area contributed by atoms with E-state index < -0.39 is 0 Å². The van der Waals surface area contributed by atoms with E-state index in [2.05, 4.69) is 21.7 Å². The number of hydrogen-bond acceptors (Lipinski definition) is 3. The molecule has 1 heterocycles. The summed E-state index contributed by atoms with van der Waals surface area (Å²) in [5, 5.41) is 2.82. The van der Waals surface area contributed by atoms with Crippen molar-refractivity contribution in [2.24, 2.45) is 5.92 Å². The quantitative estimate of drug-likeness (QED) is 0.613. The molecule has 0 atom stereocenters. The Morgan fingerprint density at radius 3 is 2.39 bits per heavy atom. The second-order valence-corrected chi connectivity index (χ2v) is 9.39. The number of allylic oxidation sites excluding steroid dienone is 1. The number of aryl methyl sites for hydroxylation is 1. The zero-order valence-electron chi connectivity index (χ0n) is 19.6. The molecule has 1 aliphatic heterocycles. The average molecular weight is 454 g/mol. The summed E-state index contributed by atoms with van der Waals surface area (Å²) in [4.78, 5) is 17.5. The van der Waals surface area contributed by atoms with Crippen molar-refractivity contribution in [2.45, 2.75) is 46.1 Å². The van der Waals surface area contributed by atoms with Gasteiger partial charge in [-0.3, -0.25) is 9.69 Å². The zero-order chi connectivity index (χ0) is 23.5. The fraction of sp³-hybridized carbons (Fsp3) is 0.444. The molecule has 1 N–H and O–H groups in total. The molecule has 6 heteroatoms. The molecule has 2 aliphatic rings. The highest BCUT2D eigenvalue weighted by Gasteiger charge is 2.25. The highest BCUT2D eigenvalue weighted by molar-refractivity contribution is 6.05. The van der Waals surface area contributed by atoms with Crippen LogP contribution in [-0.4, -0.2) is 41.9 Å². The lowest BCUT2D eigenvalue weighted by molar-refractivity contribution is 0.102. The van der Waals surface area contributed by atoms with Gasteiger partial charge in [-0.2, -0.15) is 0 Å². The number of nitrogens with one attached hydrogen (secondary N) is 1. The van der Waals surface area contributed by atoms with Crippen LogP contribution in [0.3, 0.4) is 0 Å². The van der Waals surface area contributed by atoms with Crippen molar-refractivity contribution < 1.29 is 13.6 Å². The molecule has 0 unspecified atom stereocenters. The first-order chi connectivity index (χ1) is 15.8. The predicted molar refractivity (Wildman–Crippen MR) is 128 cm³/mol. The Kier molecular flexibility index (Phi) is 7.13. The molecule has 1 saturated carbocycles.